The minimum Gasteiger partial charge on any atom is -0.477 e. The molecule has 2 unspecified atom stereocenters. The number of allylic oxidation sites excluding steroid dienone is 12. The lowest BCUT2D eigenvalue weighted by molar-refractivity contribution is -0.887. The molecule has 0 saturated carbocycles. The number of carbonyl (C=O) groups is 3. The molecule has 0 radical (unpaired) electrons. The topological polar surface area (TPSA) is 99.1 Å². The summed E-state index contributed by atoms with van der Waals surface area (Å²) >= 11 is 0. The smallest absolute Gasteiger partial charge is 0.362 e. The van der Waals surface area contributed by atoms with Gasteiger partial charge < -0.3 is 23.8 Å². The van der Waals surface area contributed by atoms with Gasteiger partial charge in [0.2, 0.25) is 0 Å². The molecule has 0 aromatic heterocycles. The summed E-state index contributed by atoms with van der Waals surface area (Å²) in [5.74, 6) is -1.53. The summed E-state index contributed by atoms with van der Waals surface area (Å²) in [6.07, 6.45) is 48.0. The highest BCUT2D eigenvalue weighted by Gasteiger charge is 2.31. The van der Waals surface area contributed by atoms with Gasteiger partial charge in [0, 0.05) is 19.3 Å². The van der Waals surface area contributed by atoms with Crippen LogP contribution in [0.1, 0.15) is 162 Å². The van der Waals surface area contributed by atoms with Crippen LogP contribution < -0.4 is 0 Å². The van der Waals surface area contributed by atoms with Gasteiger partial charge in [-0.3, -0.25) is 9.59 Å². The number of hydrogen-bond donors (Lipinski definition) is 1. The number of likely N-dealkylation sites (N-methyl/N-ethyl adjacent to an activating group) is 1. The molecule has 8 nitrogen and oxygen atoms in total. The molecule has 2 atom stereocenters. The lowest BCUT2D eigenvalue weighted by Crippen LogP contribution is -2.50. The van der Waals surface area contributed by atoms with Crippen LogP contribution in [-0.4, -0.2) is 80.6 Å². The second-order valence-electron chi connectivity index (χ2n) is 15.6. The fourth-order valence-corrected chi connectivity index (χ4v) is 5.98. The maximum Gasteiger partial charge on any atom is 0.362 e. The van der Waals surface area contributed by atoms with Crippen molar-refractivity contribution in [1.29, 1.82) is 0 Å². The molecule has 0 bridgehead atoms. The molecule has 0 amide bonds. The molecule has 320 valence electrons. The Morgan fingerprint density at radius 3 is 1.48 bits per heavy atom. The number of carboxylic acid groups (broad SMARTS) is 1. The Hall–Kier alpha value is -3.23. The fourth-order valence-electron chi connectivity index (χ4n) is 5.98. The summed E-state index contributed by atoms with van der Waals surface area (Å²) in [6.45, 7) is 4.55. The zero-order valence-electron chi connectivity index (χ0n) is 36.3. The number of rotatable bonds is 38. The molecule has 0 aromatic carbocycles. The van der Waals surface area contributed by atoms with Crippen LogP contribution >= 0.6 is 0 Å². The lowest BCUT2D eigenvalue weighted by atomic mass is 10.1. The summed E-state index contributed by atoms with van der Waals surface area (Å²) in [5, 5.41) is 9.61. The predicted octanol–water partition coefficient (Wildman–Crippen LogP) is 12.0. The van der Waals surface area contributed by atoms with Crippen molar-refractivity contribution in [3.8, 4) is 0 Å². The van der Waals surface area contributed by atoms with E-state index in [0.717, 1.165) is 70.6 Å². The van der Waals surface area contributed by atoms with Gasteiger partial charge in [-0.2, -0.15) is 0 Å². The van der Waals surface area contributed by atoms with E-state index in [2.05, 4.69) is 86.8 Å². The molecule has 0 aliphatic carbocycles. The molecule has 0 aromatic rings. The molecule has 0 heterocycles. The van der Waals surface area contributed by atoms with E-state index >= 15 is 0 Å². The van der Waals surface area contributed by atoms with Gasteiger partial charge in [0.25, 0.3) is 0 Å². The van der Waals surface area contributed by atoms with E-state index in [1.807, 2.05) is 21.1 Å². The van der Waals surface area contributed by atoms with Gasteiger partial charge in [-0.15, -0.1) is 0 Å². The van der Waals surface area contributed by atoms with Crippen molar-refractivity contribution >= 4 is 17.9 Å². The number of aliphatic carboxylic acids is 1. The van der Waals surface area contributed by atoms with Gasteiger partial charge in [-0.05, 0) is 64.2 Å². The second kappa shape index (κ2) is 38.6. The highest BCUT2D eigenvalue weighted by molar-refractivity contribution is 5.72. The van der Waals surface area contributed by atoms with E-state index in [1.54, 1.807) is 0 Å². The van der Waals surface area contributed by atoms with Crippen LogP contribution in [0.25, 0.3) is 0 Å². The van der Waals surface area contributed by atoms with Crippen LogP contribution in [0.4, 0.5) is 0 Å². The summed E-state index contributed by atoms with van der Waals surface area (Å²) in [4.78, 5) is 36.9. The van der Waals surface area contributed by atoms with Gasteiger partial charge >= 0.3 is 17.9 Å². The second-order valence-corrected chi connectivity index (χ2v) is 15.6. The zero-order valence-corrected chi connectivity index (χ0v) is 36.3. The molecule has 8 heteroatoms. The molecular formula is C48H82NO7+. The predicted molar refractivity (Wildman–Crippen MR) is 233 cm³/mol. The van der Waals surface area contributed by atoms with Gasteiger partial charge in [-0.1, -0.05) is 151 Å². The van der Waals surface area contributed by atoms with E-state index in [1.165, 1.54) is 51.4 Å². The summed E-state index contributed by atoms with van der Waals surface area (Å²) in [7, 11) is 5.50. The molecule has 1 N–H and O–H groups in total. The minimum atomic E-state index is -0.885. The molecule has 0 fully saturated rings. The fraction of sp³-hybridized carbons (Fsp3) is 0.688. The third kappa shape index (κ3) is 36.4. The monoisotopic (exact) mass is 785 g/mol. The van der Waals surface area contributed by atoms with Gasteiger partial charge in [-0.25, -0.2) is 4.79 Å². The lowest BCUT2D eigenvalue weighted by Gasteiger charge is -2.31. The Kier molecular flexibility index (Phi) is 36.4. The summed E-state index contributed by atoms with van der Waals surface area (Å²) in [5.41, 5.74) is 0. The van der Waals surface area contributed by atoms with Gasteiger partial charge in [0.15, 0.2) is 12.1 Å². The minimum absolute atomic E-state index is 0.0412. The van der Waals surface area contributed by atoms with Crippen LogP contribution in [0, 0.1) is 0 Å². The Bertz CT molecular complexity index is 1140. The molecule has 0 aliphatic rings. The number of ether oxygens (including phenoxy) is 3. The van der Waals surface area contributed by atoms with Crippen LogP contribution in [0.5, 0.6) is 0 Å². The average Bonchev–Trinajstić information content (AvgIpc) is 3.15. The van der Waals surface area contributed by atoms with Crippen LogP contribution in [0.3, 0.4) is 0 Å². The number of nitrogens with zero attached hydrogens (tertiary/aromatic N) is 1. The number of carboxylic acids is 1. The van der Waals surface area contributed by atoms with Crippen molar-refractivity contribution in [2.24, 2.45) is 0 Å². The largest absolute Gasteiger partial charge is 0.477 e. The van der Waals surface area contributed by atoms with Gasteiger partial charge in [0.1, 0.15) is 6.61 Å². The van der Waals surface area contributed by atoms with Crippen LogP contribution in [0.2, 0.25) is 0 Å². The Balaban J connectivity index is 4.43. The van der Waals surface area contributed by atoms with Crippen molar-refractivity contribution in [2.45, 2.75) is 174 Å². The molecular weight excluding hydrogens is 703 g/mol. The number of carbonyl (C=O) groups excluding carboxylic acids is 2. The molecule has 0 rings (SSSR count). The van der Waals surface area contributed by atoms with Crippen LogP contribution in [-0.2, 0) is 28.6 Å². The summed E-state index contributed by atoms with van der Waals surface area (Å²) in [6, 6.07) is -0.624. The van der Waals surface area contributed by atoms with Crippen molar-refractivity contribution in [3.05, 3.63) is 72.9 Å². The first kappa shape index (κ1) is 52.8. The van der Waals surface area contributed by atoms with Gasteiger partial charge in [0.05, 0.1) is 34.4 Å². The third-order valence-electron chi connectivity index (χ3n) is 9.37. The van der Waals surface area contributed by atoms with Crippen molar-refractivity contribution in [3.63, 3.8) is 0 Å². The summed E-state index contributed by atoms with van der Waals surface area (Å²) < 4.78 is 17.2. The average molecular weight is 785 g/mol. The SMILES string of the molecule is CC/C=C/C/C=C/C/C=C/C/C=C/C/C=C/C/C=C/CCCCC(=O)OC(COCCC(C(=O)O)[N+](C)(C)C)COC(=O)CCCCCCCCCCCCC. The van der Waals surface area contributed by atoms with Crippen molar-refractivity contribution in [2.75, 3.05) is 41.0 Å². The first-order chi connectivity index (χ1) is 27.1. The molecule has 56 heavy (non-hydrogen) atoms. The van der Waals surface area contributed by atoms with Crippen molar-refractivity contribution < 1.29 is 38.2 Å². The third-order valence-corrected chi connectivity index (χ3v) is 9.37. The Labute approximate surface area is 342 Å². The first-order valence-electron chi connectivity index (χ1n) is 22.0. The quantitative estimate of drug-likeness (QED) is 0.0288. The van der Waals surface area contributed by atoms with E-state index in [9.17, 15) is 19.5 Å². The molecule has 0 saturated heterocycles. The highest BCUT2D eigenvalue weighted by Crippen LogP contribution is 2.13. The Morgan fingerprint density at radius 2 is 1.00 bits per heavy atom. The standard InChI is InChI=1S/C48H81NO7/c1-6-8-10-12-14-16-18-19-20-21-22-23-24-25-26-27-29-31-33-35-37-39-47(51)56-44(42-54-41-40-45(48(52)53)49(3,4)5)43-55-46(50)38-36-34-32-30-28-17-15-13-11-9-7-2/h8,10,14,16,19-20,22-23,25-26,29,31,44-45H,6-7,9,11-13,15,17-18,21,24,27-28,30,32-43H2,1-5H3/p+1/b10-8+,16-14+,20-19+,23-22+,26-25+,31-29+. The highest BCUT2D eigenvalue weighted by atomic mass is 16.6. The van der Waals surface area contributed by atoms with E-state index in [4.69, 9.17) is 14.2 Å². The molecule has 0 spiro atoms. The number of unbranched alkanes of at least 4 members (excludes halogenated alkanes) is 12. The zero-order chi connectivity index (χ0) is 41.4. The number of hydrogen-bond acceptors (Lipinski definition) is 6. The first-order valence-corrected chi connectivity index (χ1v) is 22.0. The number of quaternary nitrogens is 1. The van der Waals surface area contributed by atoms with Crippen molar-refractivity contribution in [1.82, 2.24) is 0 Å². The maximum absolute atomic E-state index is 12.7. The van der Waals surface area contributed by atoms with E-state index in [0.29, 0.717) is 19.3 Å². The maximum atomic E-state index is 12.7. The normalized spacial score (nSPS) is 13.7. The Morgan fingerprint density at radius 1 is 0.554 bits per heavy atom. The van der Waals surface area contributed by atoms with E-state index in [-0.39, 0.29) is 42.7 Å². The molecule has 0 aliphatic heterocycles. The number of esters is 2. The van der Waals surface area contributed by atoms with E-state index < -0.39 is 18.1 Å². The van der Waals surface area contributed by atoms with Crippen LogP contribution in [0.15, 0.2) is 72.9 Å².